The summed E-state index contributed by atoms with van der Waals surface area (Å²) in [6, 6.07) is 17.5. The Hall–Kier alpha value is -2.76. The van der Waals surface area contributed by atoms with E-state index in [9.17, 15) is 0 Å². The van der Waals surface area contributed by atoms with Gasteiger partial charge in [-0.15, -0.1) is 0 Å². The molecule has 0 spiro atoms. The van der Waals surface area contributed by atoms with Gasteiger partial charge in [0, 0.05) is 37.4 Å². The van der Waals surface area contributed by atoms with Gasteiger partial charge < -0.3 is 9.84 Å². The van der Waals surface area contributed by atoms with Crippen LogP contribution in [0.4, 0.5) is 0 Å². The maximum absolute atomic E-state index is 8.36. The molecule has 4 rings (SSSR count). The lowest BCUT2D eigenvalue weighted by atomic mass is 9.97. The highest BCUT2D eigenvalue weighted by Gasteiger charge is 2.10. The number of aromatic nitrogens is 1. The zero-order valence-corrected chi connectivity index (χ0v) is 15.3. The summed E-state index contributed by atoms with van der Waals surface area (Å²) in [6.45, 7) is 4.69. The van der Waals surface area contributed by atoms with Crippen LogP contribution in [0.5, 0.6) is 0 Å². The normalized spacial score (nSPS) is 14.4. The van der Waals surface area contributed by atoms with Crippen molar-refractivity contribution >= 4 is 17.2 Å². The van der Waals surface area contributed by atoms with Crippen molar-refractivity contribution in [1.29, 1.82) is 0 Å². The Morgan fingerprint density at radius 2 is 1.89 bits per heavy atom. The third-order valence-corrected chi connectivity index (χ3v) is 4.74. The maximum Gasteiger partial charge on any atom is 0.290 e. The number of fused-ring (bicyclic) bond motifs is 1. The number of carbonyl (C=O) groups is 1. The van der Waals surface area contributed by atoms with Gasteiger partial charge in [0.2, 0.25) is 0 Å². The largest absolute Gasteiger partial charge is 0.483 e. The first-order chi connectivity index (χ1) is 13.3. The van der Waals surface area contributed by atoms with Gasteiger partial charge in [-0.25, -0.2) is 0 Å². The lowest BCUT2D eigenvalue weighted by Gasteiger charge is -2.26. The fraction of sp³-hybridized carbons (Fsp3) is 0.273. The van der Waals surface area contributed by atoms with Crippen molar-refractivity contribution in [3.05, 3.63) is 66.5 Å². The molecule has 1 N–H and O–H groups in total. The lowest BCUT2D eigenvalue weighted by Crippen LogP contribution is -2.37. The Labute approximate surface area is 159 Å². The average Bonchev–Trinajstić information content (AvgIpc) is 2.73. The minimum absolute atomic E-state index is 0.250. The second-order valence-corrected chi connectivity index (χ2v) is 6.41. The molecule has 1 aromatic heterocycles. The molecule has 2 heterocycles. The molecule has 3 aromatic rings. The van der Waals surface area contributed by atoms with Gasteiger partial charge in [0.15, 0.2) is 0 Å². The standard InChI is InChI=1S/C21H22N2O.CH2O2/c1-3-17(8-10-23-11-13-24-14-12-23)15-18(4-1)20-6-2-5-19-16-22-9-7-21(19)20;2-1-3/h1-7,9,15-16H,8,10-14H2;1H,(H,2,3). The molecule has 1 fully saturated rings. The predicted octanol–water partition coefficient (Wildman–Crippen LogP) is 3.48. The Morgan fingerprint density at radius 1 is 1.11 bits per heavy atom. The molecule has 5 heteroatoms. The van der Waals surface area contributed by atoms with Crippen LogP contribution >= 0.6 is 0 Å². The van der Waals surface area contributed by atoms with Gasteiger partial charge in [-0.05, 0) is 34.6 Å². The number of hydrogen-bond donors (Lipinski definition) is 1. The molecular weight excluding hydrogens is 340 g/mol. The van der Waals surface area contributed by atoms with E-state index in [0.717, 1.165) is 39.3 Å². The van der Waals surface area contributed by atoms with Crippen molar-refractivity contribution in [3.8, 4) is 11.1 Å². The number of hydrogen-bond acceptors (Lipinski definition) is 4. The molecular formula is C22H24N2O3. The number of ether oxygens (including phenoxy) is 1. The number of pyridine rings is 1. The fourth-order valence-electron chi connectivity index (χ4n) is 3.38. The summed E-state index contributed by atoms with van der Waals surface area (Å²) in [7, 11) is 0. The Morgan fingerprint density at radius 3 is 2.70 bits per heavy atom. The van der Waals surface area contributed by atoms with Crippen molar-refractivity contribution in [3.63, 3.8) is 0 Å². The van der Waals surface area contributed by atoms with Crippen molar-refractivity contribution in [2.24, 2.45) is 0 Å². The second kappa shape index (κ2) is 9.80. The Kier molecular flexibility index (Phi) is 6.90. The summed E-state index contributed by atoms with van der Waals surface area (Å²) in [4.78, 5) is 15.1. The van der Waals surface area contributed by atoms with E-state index in [1.807, 2.05) is 12.4 Å². The summed E-state index contributed by atoms with van der Waals surface area (Å²) in [6.07, 6.45) is 4.88. The van der Waals surface area contributed by atoms with Crippen LogP contribution in [0.15, 0.2) is 60.9 Å². The maximum atomic E-state index is 8.36. The quantitative estimate of drug-likeness (QED) is 0.718. The van der Waals surface area contributed by atoms with Crippen LogP contribution in [0.2, 0.25) is 0 Å². The van der Waals surface area contributed by atoms with E-state index in [1.54, 1.807) is 0 Å². The predicted molar refractivity (Wildman–Crippen MR) is 107 cm³/mol. The van der Waals surface area contributed by atoms with Gasteiger partial charge in [-0.3, -0.25) is 14.7 Å². The highest BCUT2D eigenvalue weighted by molar-refractivity contribution is 5.96. The van der Waals surface area contributed by atoms with E-state index in [1.165, 1.54) is 27.5 Å². The number of rotatable bonds is 4. The molecule has 1 aliphatic heterocycles. The zero-order valence-electron chi connectivity index (χ0n) is 15.3. The Balaban J connectivity index is 0.000000659. The molecule has 0 aliphatic carbocycles. The summed E-state index contributed by atoms with van der Waals surface area (Å²) in [5.74, 6) is 0. The number of morpholine rings is 1. The molecule has 0 radical (unpaired) electrons. The van der Waals surface area contributed by atoms with Crippen molar-refractivity contribution < 1.29 is 14.6 Å². The number of benzene rings is 2. The summed E-state index contributed by atoms with van der Waals surface area (Å²) >= 11 is 0. The molecule has 140 valence electrons. The molecule has 27 heavy (non-hydrogen) atoms. The topological polar surface area (TPSA) is 62.7 Å². The molecule has 5 nitrogen and oxygen atoms in total. The van der Waals surface area contributed by atoms with Gasteiger partial charge in [0.25, 0.3) is 6.47 Å². The third kappa shape index (κ3) is 5.12. The lowest BCUT2D eigenvalue weighted by molar-refractivity contribution is -0.122. The molecule has 2 aromatic carbocycles. The smallest absolute Gasteiger partial charge is 0.290 e. The van der Waals surface area contributed by atoms with Gasteiger partial charge >= 0.3 is 0 Å². The third-order valence-electron chi connectivity index (χ3n) is 4.74. The second-order valence-electron chi connectivity index (χ2n) is 6.41. The van der Waals surface area contributed by atoms with Crippen molar-refractivity contribution in [2.75, 3.05) is 32.8 Å². The zero-order chi connectivity index (χ0) is 18.9. The fourth-order valence-corrected chi connectivity index (χ4v) is 3.38. The number of carboxylic acid groups (broad SMARTS) is 1. The van der Waals surface area contributed by atoms with E-state index in [2.05, 4.69) is 58.4 Å². The van der Waals surface area contributed by atoms with Crippen LogP contribution in [-0.2, 0) is 16.0 Å². The van der Waals surface area contributed by atoms with Gasteiger partial charge in [-0.2, -0.15) is 0 Å². The minimum Gasteiger partial charge on any atom is -0.483 e. The minimum atomic E-state index is -0.250. The monoisotopic (exact) mass is 364 g/mol. The molecule has 0 amide bonds. The van der Waals surface area contributed by atoms with Crippen molar-refractivity contribution in [2.45, 2.75) is 6.42 Å². The SMILES string of the molecule is O=CO.c1cc(CCN2CCOCC2)cc(-c2cccc3cnccc23)c1. The van der Waals surface area contributed by atoms with Crippen LogP contribution in [-0.4, -0.2) is 54.3 Å². The first kappa shape index (κ1) is 19.0. The summed E-state index contributed by atoms with van der Waals surface area (Å²) < 4.78 is 5.42. The van der Waals surface area contributed by atoms with E-state index < -0.39 is 0 Å². The van der Waals surface area contributed by atoms with Crippen molar-refractivity contribution in [1.82, 2.24) is 9.88 Å². The van der Waals surface area contributed by atoms with Gasteiger partial charge in [0.05, 0.1) is 13.2 Å². The summed E-state index contributed by atoms with van der Waals surface area (Å²) in [5.41, 5.74) is 3.96. The van der Waals surface area contributed by atoms with Crippen LogP contribution in [0.3, 0.4) is 0 Å². The molecule has 1 saturated heterocycles. The number of nitrogens with zero attached hydrogens (tertiary/aromatic N) is 2. The van der Waals surface area contributed by atoms with E-state index in [0.29, 0.717) is 0 Å². The van der Waals surface area contributed by atoms with Crippen LogP contribution in [0.25, 0.3) is 21.9 Å². The Bertz CT molecular complexity index is 871. The van der Waals surface area contributed by atoms with Gasteiger partial charge in [0.1, 0.15) is 0 Å². The molecule has 0 bridgehead atoms. The average molecular weight is 364 g/mol. The van der Waals surface area contributed by atoms with Crippen LogP contribution < -0.4 is 0 Å². The van der Waals surface area contributed by atoms with E-state index in [4.69, 9.17) is 14.6 Å². The molecule has 0 atom stereocenters. The van der Waals surface area contributed by atoms with Gasteiger partial charge in [-0.1, -0.05) is 42.5 Å². The first-order valence-electron chi connectivity index (χ1n) is 9.12. The van der Waals surface area contributed by atoms with Crippen LogP contribution in [0, 0.1) is 0 Å². The highest BCUT2D eigenvalue weighted by Crippen LogP contribution is 2.28. The molecule has 0 unspecified atom stereocenters. The van der Waals surface area contributed by atoms with E-state index >= 15 is 0 Å². The van der Waals surface area contributed by atoms with Crippen LogP contribution in [0.1, 0.15) is 5.56 Å². The highest BCUT2D eigenvalue weighted by atomic mass is 16.5. The summed E-state index contributed by atoms with van der Waals surface area (Å²) in [5, 5.41) is 9.34. The van der Waals surface area contributed by atoms with E-state index in [-0.39, 0.29) is 6.47 Å². The first-order valence-corrected chi connectivity index (χ1v) is 9.12. The molecule has 0 saturated carbocycles. The molecule has 1 aliphatic rings.